The number of carbonyl (C=O) groups is 1. The van der Waals surface area contributed by atoms with Crippen LogP contribution in [0.3, 0.4) is 0 Å². The monoisotopic (exact) mass is 260 g/mol. The molecule has 3 heterocycles. The molecule has 1 atom stereocenters. The highest BCUT2D eigenvalue weighted by Crippen LogP contribution is 2.38. The van der Waals surface area contributed by atoms with E-state index in [1.807, 2.05) is 31.2 Å². The minimum Gasteiger partial charge on any atom is -0.479 e. The maximum Gasteiger partial charge on any atom is 0.330 e. The molecule has 4 rings (SSSR count). The summed E-state index contributed by atoms with van der Waals surface area (Å²) in [5.41, 5.74) is 1.27. The summed E-state index contributed by atoms with van der Waals surface area (Å²) in [6, 6.07) is 7.97. The fraction of sp³-hybridized carbons (Fsp3) is 0.533. The van der Waals surface area contributed by atoms with Crippen LogP contribution in [0.2, 0.25) is 0 Å². The number of rotatable bonds is 3. The number of carboxylic acids is 1. The minimum absolute atomic E-state index is 0.233. The molecule has 4 nitrogen and oxygen atoms in total. The first-order chi connectivity index (χ1) is 9.10. The number of hydrogen-bond acceptors (Lipinski definition) is 3. The molecule has 0 saturated carbocycles. The van der Waals surface area contributed by atoms with Crippen LogP contribution >= 0.6 is 0 Å². The topological polar surface area (TPSA) is 52.6 Å². The van der Waals surface area contributed by atoms with E-state index in [0.29, 0.717) is 6.54 Å². The van der Waals surface area contributed by atoms with Crippen molar-refractivity contribution in [1.29, 1.82) is 0 Å². The van der Waals surface area contributed by atoms with Crippen molar-refractivity contribution in [2.75, 3.05) is 25.0 Å². The van der Waals surface area contributed by atoms with Gasteiger partial charge in [-0.3, -0.25) is 0 Å². The van der Waals surface area contributed by atoms with Crippen LogP contribution in [0, 0.1) is 12.8 Å². The second-order valence-corrected chi connectivity index (χ2v) is 5.82. The number of nitrogens with one attached hydrogen (secondary N) is 1. The molecule has 0 spiro atoms. The van der Waals surface area contributed by atoms with Gasteiger partial charge in [-0.1, -0.05) is 17.7 Å². The Morgan fingerprint density at radius 1 is 1.32 bits per heavy atom. The average molecular weight is 260 g/mol. The van der Waals surface area contributed by atoms with Gasteiger partial charge in [0.05, 0.1) is 0 Å². The van der Waals surface area contributed by atoms with Crippen molar-refractivity contribution in [1.82, 2.24) is 4.90 Å². The van der Waals surface area contributed by atoms with Gasteiger partial charge in [0.1, 0.15) is 0 Å². The molecule has 0 radical (unpaired) electrons. The number of anilines is 1. The maximum atomic E-state index is 11.8. The highest BCUT2D eigenvalue weighted by molar-refractivity contribution is 5.84. The van der Waals surface area contributed by atoms with Crippen molar-refractivity contribution in [3.05, 3.63) is 29.8 Å². The lowest BCUT2D eigenvalue weighted by atomic mass is 9.72. The van der Waals surface area contributed by atoms with E-state index >= 15 is 0 Å². The molecule has 0 aromatic heterocycles. The number of piperidine rings is 3. The van der Waals surface area contributed by atoms with Gasteiger partial charge in [0.25, 0.3) is 0 Å². The third kappa shape index (κ3) is 2.10. The number of benzene rings is 1. The smallest absolute Gasteiger partial charge is 0.330 e. The van der Waals surface area contributed by atoms with Crippen LogP contribution in [-0.4, -0.2) is 41.1 Å². The van der Waals surface area contributed by atoms with Crippen LogP contribution in [-0.2, 0) is 4.79 Å². The lowest BCUT2D eigenvalue weighted by Gasteiger charge is -2.51. The number of hydrogen-bond donors (Lipinski definition) is 2. The molecular weight excluding hydrogens is 240 g/mol. The highest BCUT2D eigenvalue weighted by atomic mass is 16.4. The van der Waals surface area contributed by atoms with Crippen LogP contribution in [0.1, 0.15) is 18.4 Å². The quantitative estimate of drug-likeness (QED) is 0.872. The lowest BCUT2D eigenvalue weighted by molar-refractivity contribution is -0.149. The second kappa shape index (κ2) is 4.53. The zero-order valence-corrected chi connectivity index (χ0v) is 11.2. The molecule has 1 unspecified atom stereocenters. The van der Waals surface area contributed by atoms with Gasteiger partial charge in [-0.05, 0) is 50.9 Å². The Balaban J connectivity index is 1.89. The largest absolute Gasteiger partial charge is 0.479 e. The Labute approximate surface area is 113 Å². The molecular formula is C15H20N2O2. The molecule has 2 bridgehead atoms. The lowest BCUT2D eigenvalue weighted by Crippen LogP contribution is -2.66. The first kappa shape index (κ1) is 12.5. The van der Waals surface area contributed by atoms with Gasteiger partial charge in [-0.15, -0.1) is 0 Å². The number of aryl methyl sites for hydroxylation is 1. The van der Waals surface area contributed by atoms with E-state index in [4.69, 9.17) is 0 Å². The van der Waals surface area contributed by atoms with Gasteiger partial charge >= 0.3 is 5.97 Å². The maximum absolute atomic E-state index is 11.8. The summed E-state index contributed by atoms with van der Waals surface area (Å²) < 4.78 is 0. The van der Waals surface area contributed by atoms with Gasteiger partial charge in [0.2, 0.25) is 0 Å². The molecule has 3 aliphatic rings. The van der Waals surface area contributed by atoms with Crippen LogP contribution in [0.4, 0.5) is 5.69 Å². The van der Waals surface area contributed by atoms with Gasteiger partial charge < -0.3 is 15.3 Å². The predicted octanol–water partition coefficient (Wildman–Crippen LogP) is 1.96. The molecule has 0 aliphatic carbocycles. The van der Waals surface area contributed by atoms with E-state index in [0.717, 1.165) is 31.6 Å². The fourth-order valence-corrected chi connectivity index (χ4v) is 3.40. The molecule has 0 amide bonds. The van der Waals surface area contributed by atoms with E-state index in [2.05, 4.69) is 10.2 Å². The van der Waals surface area contributed by atoms with Gasteiger partial charge in [0.15, 0.2) is 5.54 Å². The molecule has 19 heavy (non-hydrogen) atoms. The van der Waals surface area contributed by atoms with E-state index in [-0.39, 0.29) is 5.92 Å². The van der Waals surface area contributed by atoms with Crippen LogP contribution in [0.5, 0.6) is 0 Å². The van der Waals surface area contributed by atoms with E-state index in [1.165, 1.54) is 5.56 Å². The summed E-state index contributed by atoms with van der Waals surface area (Å²) in [6.45, 7) is 4.72. The standard InChI is InChI=1S/C15H20N2O2/c1-11-2-4-13(5-3-11)16-15(14(18)19)10-17-8-6-12(15)7-9-17/h2-5,12,16H,6-10H2,1H3,(H,18,19). The normalized spacial score (nSPS) is 33.1. The van der Waals surface area contributed by atoms with Crippen molar-refractivity contribution >= 4 is 11.7 Å². The third-order valence-corrected chi connectivity index (χ3v) is 4.56. The van der Waals surface area contributed by atoms with E-state index < -0.39 is 11.5 Å². The fourth-order valence-electron chi connectivity index (χ4n) is 3.40. The zero-order valence-electron chi connectivity index (χ0n) is 11.2. The number of carboxylic acid groups (broad SMARTS) is 1. The van der Waals surface area contributed by atoms with Crippen molar-refractivity contribution in [3.8, 4) is 0 Å². The molecule has 3 saturated heterocycles. The SMILES string of the molecule is Cc1ccc(NC2(C(=O)O)CN3CCC2CC3)cc1. The van der Waals surface area contributed by atoms with Crippen molar-refractivity contribution in [2.24, 2.45) is 5.92 Å². The zero-order chi connectivity index (χ0) is 13.5. The Hall–Kier alpha value is -1.55. The Kier molecular flexibility index (Phi) is 2.97. The number of aliphatic carboxylic acids is 1. The van der Waals surface area contributed by atoms with Crippen molar-refractivity contribution in [2.45, 2.75) is 25.3 Å². The van der Waals surface area contributed by atoms with Crippen LogP contribution < -0.4 is 5.32 Å². The molecule has 102 valence electrons. The van der Waals surface area contributed by atoms with Gasteiger partial charge in [-0.25, -0.2) is 4.79 Å². The summed E-state index contributed by atoms with van der Waals surface area (Å²) in [7, 11) is 0. The predicted molar refractivity (Wildman–Crippen MR) is 74.3 cm³/mol. The number of fused-ring (bicyclic) bond motifs is 3. The number of nitrogens with zero attached hydrogens (tertiary/aromatic N) is 1. The first-order valence-corrected chi connectivity index (χ1v) is 6.91. The molecule has 4 heteroatoms. The molecule has 2 N–H and O–H groups in total. The van der Waals surface area contributed by atoms with E-state index in [9.17, 15) is 9.90 Å². The Morgan fingerprint density at radius 3 is 2.42 bits per heavy atom. The average Bonchev–Trinajstić information content (AvgIpc) is 2.42. The highest BCUT2D eigenvalue weighted by Gasteiger charge is 2.52. The molecule has 3 aliphatic heterocycles. The summed E-state index contributed by atoms with van der Waals surface area (Å²) in [6.07, 6.45) is 1.95. The minimum atomic E-state index is -0.814. The van der Waals surface area contributed by atoms with Gasteiger partial charge in [-0.2, -0.15) is 0 Å². The summed E-state index contributed by atoms with van der Waals surface area (Å²) >= 11 is 0. The van der Waals surface area contributed by atoms with Gasteiger partial charge in [0, 0.05) is 12.2 Å². The molecule has 3 fully saturated rings. The molecule has 1 aromatic carbocycles. The van der Waals surface area contributed by atoms with Crippen molar-refractivity contribution < 1.29 is 9.90 Å². The third-order valence-electron chi connectivity index (χ3n) is 4.56. The summed E-state index contributed by atoms with van der Waals surface area (Å²) in [5.74, 6) is -0.487. The first-order valence-electron chi connectivity index (χ1n) is 6.91. The van der Waals surface area contributed by atoms with Crippen molar-refractivity contribution in [3.63, 3.8) is 0 Å². The van der Waals surface area contributed by atoms with E-state index in [1.54, 1.807) is 0 Å². The molecule has 1 aromatic rings. The Morgan fingerprint density at radius 2 is 1.95 bits per heavy atom. The second-order valence-electron chi connectivity index (χ2n) is 5.82. The Bertz CT molecular complexity index is 477. The van der Waals surface area contributed by atoms with Crippen LogP contribution in [0.15, 0.2) is 24.3 Å². The summed E-state index contributed by atoms with van der Waals surface area (Å²) in [4.78, 5) is 14.1. The van der Waals surface area contributed by atoms with Crippen LogP contribution in [0.25, 0.3) is 0 Å². The summed E-state index contributed by atoms with van der Waals surface area (Å²) in [5, 5.41) is 13.0.